The van der Waals surface area contributed by atoms with Gasteiger partial charge in [0.1, 0.15) is 16.5 Å². The Bertz CT molecular complexity index is 1010. The minimum Gasteiger partial charge on any atom is -0.298 e. The summed E-state index contributed by atoms with van der Waals surface area (Å²) in [7, 11) is 0. The molecular weight excluding hydrogens is 413 g/mol. The van der Waals surface area contributed by atoms with Gasteiger partial charge in [-0.15, -0.1) is 11.3 Å². The molecule has 0 radical (unpaired) electrons. The van der Waals surface area contributed by atoms with Gasteiger partial charge in [-0.3, -0.25) is 15.0 Å². The number of amides is 1. The molecule has 1 aliphatic rings. The third-order valence-electron chi connectivity index (χ3n) is 4.91. The van der Waals surface area contributed by atoms with Crippen LogP contribution in [0.1, 0.15) is 41.0 Å². The van der Waals surface area contributed by atoms with Crippen LogP contribution in [-0.2, 0) is 6.54 Å². The standard InChI is InChI=1S/C20H21ClFN5OS/c1-13-17(18(21)27(25-13)16-7-5-14(22)6-8-16)19(28)24-20-23-15(12-29-20)11-26-9-3-2-4-10-26/h5-8,12H,2-4,9-11H2,1H3,(H,23,24,28). The molecule has 3 heterocycles. The van der Waals surface area contributed by atoms with Crippen LogP contribution in [-0.4, -0.2) is 38.7 Å². The molecule has 152 valence electrons. The summed E-state index contributed by atoms with van der Waals surface area (Å²) in [6, 6.07) is 5.76. The van der Waals surface area contributed by atoms with Crippen LogP contribution < -0.4 is 5.32 Å². The molecule has 1 amide bonds. The van der Waals surface area contributed by atoms with Gasteiger partial charge in [-0.25, -0.2) is 14.1 Å². The minimum absolute atomic E-state index is 0.178. The van der Waals surface area contributed by atoms with Gasteiger partial charge in [0.05, 0.1) is 17.1 Å². The number of benzene rings is 1. The lowest BCUT2D eigenvalue weighted by molar-refractivity contribution is 0.102. The third-order valence-corrected chi connectivity index (χ3v) is 6.06. The minimum atomic E-state index is -0.361. The highest BCUT2D eigenvalue weighted by Gasteiger charge is 2.22. The molecule has 4 rings (SSSR count). The molecule has 2 aromatic heterocycles. The lowest BCUT2D eigenvalue weighted by atomic mass is 10.1. The van der Waals surface area contributed by atoms with E-state index in [1.54, 1.807) is 19.1 Å². The zero-order valence-corrected chi connectivity index (χ0v) is 17.6. The van der Waals surface area contributed by atoms with Crippen LogP contribution in [0.5, 0.6) is 0 Å². The summed E-state index contributed by atoms with van der Waals surface area (Å²) in [5.74, 6) is -0.712. The predicted octanol–water partition coefficient (Wildman–Crippen LogP) is 4.67. The van der Waals surface area contributed by atoms with Gasteiger partial charge in [-0.2, -0.15) is 5.10 Å². The van der Waals surface area contributed by atoms with Gasteiger partial charge in [0, 0.05) is 11.9 Å². The van der Waals surface area contributed by atoms with E-state index in [-0.39, 0.29) is 22.4 Å². The maximum Gasteiger partial charge on any atom is 0.262 e. The number of aromatic nitrogens is 3. The molecule has 1 fully saturated rings. The number of rotatable bonds is 5. The summed E-state index contributed by atoms with van der Waals surface area (Å²) in [4.78, 5) is 19.7. The fourth-order valence-electron chi connectivity index (χ4n) is 3.45. The number of halogens is 2. The number of anilines is 1. The fraction of sp³-hybridized carbons (Fsp3) is 0.350. The van der Waals surface area contributed by atoms with Crippen molar-refractivity contribution < 1.29 is 9.18 Å². The van der Waals surface area contributed by atoms with Crippen molar-refractivity contribution in [2.24, 2.45) is 0 Å². The average molecular weight is 434 g/mol. The first-order chi connectivity index (χ1) is 14.0. The van der Waals surface area contributed by atoms with E-state index in [0.29, 0.717) is 16.5 Å². The molecule has 0 saturated carbocycles. The number of hydrogen-bond donors (Lipinski definition) is 1. The number of nitrogens with zero attached hydrogens (tertiary/aromatic N) is 4. The highest BCUT2D eigenvalue weighted by molar-refractivity contribution is 7.14. The van der Waals surface area contributed by atoms with Crippen molar-refractivity contribution in [2.45, 2.75) is 32.7 Å². The van der Waals surface area contributed by atoms with Crippen LogP contribution in [0.25, 0.3) is 5.69 Å². The number of hydrogen-bond acceptors (Lipinski definition) is 5. The fourth-order valence-corrected chi connectivity index (χ4v) is 4.51. The zero-order valence-electron chi connectivity index (χ0n) is 16.0. The summed E-state index contributed by atoms with van der Waals surface area (Å²) in [6.07, 6.45) is 3.74. The van der Waals surface area contributed by atoms with E-state index in [1.807, 2.05) is 5.38 Å². The average Bonchev–Trinajstić information content (AvgIpc) is 3.26. The first-order valence-corrected chi connectivity index (χ1v) is 10.8. The normalized spacial score (nSPS) is 14.9. The monoisotopic (exact) mass is 433 g/mol. The van der Waals surface area contributed by atoms with Gasteiger partial charge in [0.25, 0.3) is 5.91 Å². The van der Waals surface area contributed by atoms with Crippen molar-refractivity contribution in [3.05, 3.63) is 57.6 Å². The van der Waals surface area contributed by atoms with Crippen molar-refractivity contribution in [2.75, 3.05) is 18.4 Å². The lowest BCUT2D eigenvalue weighted by Crippen LogP contribution is -2.29. The van der Waals surface area contributed by atoms with E-state index >= 15 is 0 Å². The van der Waals surface area contributed by atoms with E-state index in [1.165, 1.54) is 47.4 Å². The Morgan fingerprint density at radius 2 is 1.97 bits per heavy atom. The van der Waals surface area contributed by atoms with Crippen molar-refractivity contribution in [3.63, 3.8) is 0 Å². The molecule has 0 atom stereocenters. The summed E-state index contributed by atoms with van der Waals surface area (Å²) in [5.41, 5.74) is 2.30. The topological polar surface area (TPSA) is 63.1 Å². The molecule has 1 saturated heterocycles. The second-order valence-corrected chi connectivity index (χ2v) is 8.29. The highest BCUT2D eigenvalue weighted by Crippen LogP contribution is 2.26. The van der Waals surface area contributed by atoms with Crippen molar-refractivity contribution in [1.29, 1.82) is 0 Å². The van der Waals surface area contributed by atoms with Crippen LogP contribution in [0.4, 0.5) is 9.52 Å². The molecule has 3 aromatic rings. The largest absolute Gasteiger partial charge is 0.298 e. The molecule has 29 heavy (non-hydrogen) atoms. The number of piperidine rings is 1. The second-order valence-electron chi connectivity index (χ2n) is 7.07. The van der Waals surface area contributed by atoms with Crippen molar-refractivity contribution >= 4 is 34.0 Å². The smallest absolute Gasteiger partial charge is 0.262 e. The number of carbonyl (C=O) groups is 1. The van der Waals surface area contributed by atoms with E-state index in [0.717, 1.165) is 25.3 Å². The Balaban J connectivity index is 1.48. The Labute approximate surface area is 177 Å². The van der Waals surface area contributed by atoms with Gasteiger partial charge in [-0.05, 0) is 57.1 Å². The quantitative estimate of drug-likeness (QED) is 0.635. The molecule has 6 nitrogen and oxygen atoms in total. The van der Waals surface area contributed by atoms with E-state index in [9.17, 15) is 9.18 Å². The number of likely N-dealkylation sites (tertiary alicyclic amines) is 1. The molecule has 0 spiro atoms. The van der Waals surface area contributed by atoms with Gasteiger partial charge < -0.3 is 0 Å². The molecular formula is C20H21ClFN5OS. The molecule has 9 heteroatoms. The molecule has 0 aliphatic carbocycles. The van der Waals surface area contributed by atoms with E-state index < -0.39 is 0 Å². The first-order valence-electron chi connectivity index (χ1n) is 9.50. The summed E-state index contributed by atoms with van der Waals surface area (Å²) in [5, 5.41) is 9.84. The van der Waals surface area contributed by atoms with Crippen LogP contribution in [0.15, 0.2) is 29.6 Å². The van der Waals surface area contributed by atoms with E-state index in [4.69, 9.17) is 11.6 Å². The molecule has 1 N–H and O–H groups in total. The number of thiazole rings is 1. The van der Waals surface area contributed by atoms with Gasteiger partial charge in [-0.1, -0.05) is 18.0 Å². The van der Waals surface area contributed by atoms with Gasteiger partial charge >= 0.3 is 0 Å². The maximum atomic E-state index is 13.2. The summed E-state index contributed by atoms with van der Waals surface area (Å²) < 4.78 is 14.6. The Morgan fingerprint density at radius 3 is 2.69 bits per heavy atom. The Hall–Kier alpha value is -2.29. The van der Waals surface area contributed by atoms with Crippen LogP contribution in [0, 0.1) is 12.7 Å². The Kier molecular flexibility index (Phi) is 5.94. The summed E-state index contributed by atoms with van der Waals surface area (Å²) in [6.45, 7) is 4.70. The molecule has 1 aromatic carbocycles. The molecule has 0 bridgehead atoms. The second kappa shape index (κ2) is 8.61. The van der Waals surface area contributed by atoms with Crippen LogP contribution in [0.3, 0.4) is 0 Å². The highest BCUT2D eigenvalue weighted by atomic mass is 35.5. The van der Waals surface area contributed by atoms with Crippen LogP contribution >= 0.6 is 22.9 Å². The summed E-state index contributed by atoms with van der Waals surface area (Å²) >= 11 is 7.82. The lowest BCUT2D eigenvalue weighted by Gasteiger charge is -2.25. The van der Waals surface area contributed by atoms with Crippen molar-refractivity contribution in [1.82, 2.24) is 19.7 Å². The van der Waals surface area contributed by atoms with Gasteiger partial charge in [0.2, 0.25) is 0 Å². The number of carbonyl (C=O) groups excluding carboxylic acids is 1. The Morgan fingerprint density at radius 1 is 1.24 bits per heavy atom. The maximum absolute atomic E-state index is 13.2. The van der Waals surface area contributed by atoms with Crippen LogP contribution in [0.2, 0.25) is 5.15 Å². The number of nitrogens with one attached hydrogen (secondary N) is 1. The predicted molar refractivity (Wildman–Crippen MR) is 112 cm³/mol. The number of aryl methyl sites for hydroxylation is 1. The van der Waals surface area contributed by atoms with E-state index in [2.05, 4.69) is 20.3 Å². The van der Waals surface area contributed by atoms with Crippen molar-refractivity contribution in [3.8, 4) is 5.69 Å². The first kappa shape index (κ1) is 20.0. The molecule has 0 unspecified atom stereocenters. The third kappa shape index (κ3) is 4.49. The SMILES string of the molecule is Cc1nn(-c2ccc(F)cc2)c(Cl)c1C(=O)Nc1nc(CN2CCCCC2)cs1. The van der Waals surface area contributed by atoms with Gasteiger partial charge in [0.15, 0.2) is 5.13 Å². The molecule has 1 aliphatic heterocycles. The zero-order chi connectivity index (χ0) is 20.4.